The van der Waals surface area contributed by atoms with Crippen molar-refractivity contribution in [2.45, 2.75) is 50.3 Å². The summed E-state index contributed by atoms with van der Waals surface area (Å²) in [4.78, 5) is 0. The summed E-state index contributed by atoms with van der Waals surface area (Å²) >= 11 is 0. The fraction of sp³-hybridized carbons (Fsp3) is 1.00. The first-order chi connectivity index (χ1) is 6.57. The van der Waals surface area contributed by atoms with E-state index in [2.05, 4.69) is 0 Å². The Morgan fingerprint density at radius 2 is 1.93 bits per heavy atom. The molecule has 0 spiro atoms. The van der Waals surface area contributed by atoms with Crippen LogP contribution in [0.4, 0.5) is 0 Å². The van der Waals surface area contributed by atoms with Crippen molar-refractivity contribution < 1.29 is 24.1 Å². The molecule has 3 heterocycles. The number of rotatable bonds is 0. The molecule has 0 radical (unpaired) electrons. The molecule has 5 nitrogen and oxygen atoms in total. The third-order valence-corrected chi connectivity index (χ3v) is 2.88. The predicted molar refractivity (Wildman–Crippen MR) is 44.4 cm³/mol. The molecule has 5 heteroatoms. The van der Waals surface area contributed by atoms with Crippen LogP contribution in [-0.4, -0.2) is 48.2 Å². The molecule has 80 valence electrons. The van der Waals surface area contributed by atoms with Crippen molar-refractivity contribution in [1.82, 2.24) is 0 Å². The highest BCUT2D eigenvalue weighted by Crippen LogP contribution is 2.40. The Hall–Kier alpha value is -0.200. The molecule has 14 heavy (non-hydrogen) atoms. The van der Waals surface area contributed by atoms with Gasteiger partial charge in [0, 0.05) is 0 Å². The molecule has 3 saturated heterocycles. The number of hydrogen-bond donors (Lipinski definition) is 1. The number of aliphatic hydroxyl groups is 1. The maximum Gasteiger partial charge on any atom is 0.186 e. The molecule has 3 unspecified atom stereocenters. The highest BCUT2D eigenvalue weighted by Gasteiger charge is 2.57. The zero-order valence-electron chi connectivity index (χ0n) is 8.17. The Morgan fingerprint density at radius 1 is 1.21 bits per heavy atom. The van der Waals surface area contributed by atoms with Gasteiger partial charge in [-0.2, -0.15) is 0 Å². The minimum absolute atomic E-state index is 0.102. The summed E-state index contributed by atoms with van der Waals surface area (Å²) in [5.74, 6) is -0.635. The van der Waals surface area contributed by atoms with Gasteiger partial charge in [0.25, 0.3) is 0 Å². The summed E-state index contributed by atoms with van der Waals surface area (Å²) < 4.78 is 22.0. The fourth-order valence-corrected chi connectivity index (χ4v) is 2.32. The van der Waals surface area contributed by atoms with Gasteiger partial charge in [-0.25, -0.2) is 0 Å². The van der Waals surface area contributed by atoms with Crippen LogP contribution in [0.2, 0.25) is 0 Å². The summed E-state index contributed by atoms with van der Waals surface area (Å²) in [5, 5.41) is 9.84. The first kappa shape index (κ1) is 9.06. The van der Waals surface area contributed by atoms with Gasteiger partial charge in [0.15, 0.2) is 12.1 Å². The van der Waals surface area contributed by atoms with Crippen LogP contribution >= 0.6 is 0 Å². The molecular weight excluding hydrogens is 188 g/mol. The first-order valence-electron chi connectivity index (χ1n) is 4.88. The van der Waals surface area contributed by atoms with Crippen molar-refractivity contribution >= 4 is 0 Å². The second-order valence-corrected chi connectivity index (χ2v) is 4.43. The topological polar surface area (TPSA) is 57.2 Å². The Labute approximate surface area is 81.9 Å². The van der Waals surface area contributed by atoms with Crippen LogP contribution < -0.4 is 0 Å². The molecule has 1 N–H and O–H groups in total. The molecule has 5 atom stereocenters. The van der Waals surface area contributed by atoms with E-state index < -0.39 is 18.2 Å². The first-order valence-corrected chi connectivity index (χ1v) is 4.88. The van der Waals surface area contributed by atoms with Gasteiger partial charge in [-0.1, -0.05) is 0 Å². The van der Waals surface area contributed by atoms with E-state index in [0.717, 1.165) is 0 Å². The van der Waals surface area contributed by atoms with Crippen molar-refractivity contribution in [3.05, 3.63) is 0 Å². The summed E-state index contributed by atoms with van der Waals surface area (Å²) in [6, 6.07) is 0. The lowest BCUT2D eigenvalue weighted by Crippen LogP contribution is -2.52. The molecule has 0 aromatic rings. The standard InChI is InChI=1S/C9H14O5/c1-9(2)13-6-4-3-11-8(12-4)5(10)7(6)14-9/h4-8,10H,3H2,1-2H3/t4?,5?,6-,7?,8+/m0/s1. The average Bonchev–Trinajstić information content (AvgIpc) is 2.64. The molecule has 0 aliphatic carbocycles. The highest BCUT2D eigenvalue weighted by molar-refractivity contribution is 4.99. The van der Waals surface area contributed by atoms with Crippen LogP contribution in [0, 0.1) is 0 Å². The quantitative estimate of drug-likeness (QED) is 0.580. The molecule has 3 rings (SSSR count). The molecule has 3 aliphatic heterocycles. The zero-order chi connectivity index (χ0) is 9.92. The Bertz CT molecular complexity index is 246. The van der Waals surface area contributed by atoms with E-state index in [4.69, 9.17) is 18.9 Å². The summed E-state index contributed by atoms with van der Waals surface area (Å²) in [6.45, 7) is 4.15. The van der Waals surface area contributed by atoms with E-state index in [-0.39, 0.29) is 18.3 Å². The van der Waals surface area contributed by atoms with Crippen molar-refractivity contribution in [2.24, 2.45) is 0 Å². The summed E-state index contributed by atoms with van der Waals surface area (Å²) in [6.07, 6.45) is -1.93. The van der Waals surface area contributed by atoms with Crippen molar-refractivity contribution in [1.29, 1.82) is 0 Å². The second-order valence-electron chi connectivity index (χ2n) is 4.43. The molecule has 0 saturated carbocycles. The summed E-state index contributed by atoms with van der Waals surface area (Å²) in [7, 11) is 0. The van der Waals surface area contributed by atoms with Gasteiger partial charge in [0.1, 0.15) is 24.4 Å². The SMILES string of the molecule is CC1(C)OC2C(O)[C@@H]3OCC(O3)[C@@H]2O1. The Kier molecular flexibility index (Phi) is 1.73. The normalized spacial score (nSPS) is 54.6. The minimum Gasteiger partial charge on any atom is -0.385 e. The second kappa shape index (κ2) is 2.68. The lowest BCUT2D eigenvalue weighted by atomic mass is 10.0. The van der Waals surface area contributed by atoms with Gasteiger partial charge in [-0.3, -0.25) is 0 Å². The van der Waals surface area contributed by atoms with E-state index in [0.29, 0.717) is 6.61 Å². The predicted octanol–water partition coefficient (Wildman–Crippen LogP) is -0.378. The highest BCUT2D eigenvalue weighted by atomic mass is 16.8. The number of ether oxygens (including phenoxy) is 4. The number of fused-ring (bicyclic) bond motifs is 4. The molecule has 3 fully saturated rings. The number of hydrogen-bond acceptors (Lipinski definition) is 5. The maximum atomic E-state index is 9.84. The van der Waals surface area contributed by atoms with Gasteiger partial charge in [0.2, 0.25) is 0 Å². The van der Waals surface area contributed by atoms with Gasteiger partial charge < -0.3 is 24.1 Å². The van der Waals surface area contributed by atoms with Crippen LogP contribution in [0.1, 0.15) is 13.8 Å². The van der Waals surface area contributed by atoms with Gasteiger partial charge in [0.05, 0.1) is 6.61 Å². The van der Waals surface area contributed by atoms with Crippen LogP contribution in [0.5, 0.6) is 0 Å². The van der Waals surface area contributed by atoms with E-state index >= 15 is 0 Å². The lowest BCUT2D eigenvalue weighted by Gasteiger charge is -2.31. The zero-order valence-corrected chi connectivity index (χ0v) is 8.17. The van der Waals surface area contributed by atoms with E-state index in [9.17, 15) is 5.11 Å². The fourth-order valence-electron chi connectivity index (χ4n) is 2.32. The summed E-state index contributed by atoms with van der Waals surface area (Å²) in [5.41, 5.74) is 0. The smallest absolute Gasteiger partial charge is 0.186 e. The third kappa shape index (κ3) is 1.14. The van der Waals surface area contributed by atoms with E-state index in [1.54, 1.807) is 0 Å². The van der Waals surface area contributed by atoms with Crippen LogP contribution in [0.3, 0.4) is 0 Å². The van der Waals surface area contributed by atoms with E-state index in [1.165, 1.54) is 0 Å². The molecule has 3 aliphatic rings. The lowest BCUT2D eigenvalue weighted by molar-refractivity contribution is -0.204. The monoisotopic (exact) mass is 202 g/mol. The average molecular weight is 202 g/mol. The largest absolute Gasteiger partial charge is 0.385 e. The molecule has 0 amide bonds. The molecular formula is C9H14O5. The number of aliphatic hydroxyl groups excluding tert-OH is 1. The van der Waals surface area contributed by atoms with Gasteiger partial charge >= 0.3 is 0 Å². The molecule has 2 bridgehead atoms. The van der Waals surface area contributed by atoms with Crippen LogP contribution in [-0.2, 0) is 18.9 Å². The minimum atomic E-state index is -0.750. The van der Waals surface area contributed by atoms with Gasteiger partial charge in [-0.15, -0.1) is 0 Å². The van der Waals surface area contributed by atoms with Crippen molar-refractivity contribution in [2.75, 3.05) is 6.61 Å². The molecule has 0 aromatic carbocycles. The van der Waals surface area contributed by atoms with Crippen molar-refractivity contribution in [3.63, 3.8) is 0 Å². The van der Waals surface area contributed by atoms with Crippen LogP contribution in [0.25, 0.3) is 0 Å². The van der Waals surface area contributed by atoms with Crippen LogP contribution in [0.15, 0.2) is 0 Å². The van der Waals surface area contributed by atoms with Gasteiger partial charge in [-0.05, 0) is 13.8 Å². The Morgan fingerprint density at radius 3 is 2.71 bits per heavy atom. The van der Waals surface area contributed by atoms with Crippen molar-refractivity contribution in [3.8, 4) is 0 Å². The Balaban J connectivity index is 1.88. The third-order valence-electron chi connectivity index (χ3n) is 2.88. The molecule has 0 aromatic heterocycles. The van der Waals surface area contributed by atoms with E-state index in [1.807, 2.05) is 13.8 Å². The maximum absolute atomic E-state index is 9.84.